The second-order valence-electron chi connectivity index (χ2n) is 5.91. The van der Waals surface area contributed by atoms with Crippen molar-refractivity contribution in [3.63, 3.8) is 0 Å². The summed E-state index contributed by atoms with van der Waals surface area (Å²) >= 11 is 3.60. The summed E-state index contributed by atoms with van der Waals surface area (Å²) in [5.74, 6) is 0.950. The minimum atomic E-state index is 0.462. The third-order valence-electron chi connectivity index (χ3n) is 3.68. The van der Waals surface area contributed by atoms with Crippen molar-refractivity contribution in [3.05, 3.63) is 28.2 Å². The predicted molar refractivity (Wildman–Crippen MR) is 89.8 cm³/mol. The highest BCUT2D eigenvalue weighted by Crippen LogP contribution is 2.23. The largest absolute Gasteiger partial charge is 0.494 e. The van der Waals surface area contributed by atoms with Gasteiger partial charge in [-0.3, -0.25) is 0 Å². The van der Waals surface area contributed by atoms with Crippen molar-refractivity contribution in [2.45, 2.75) is 58.2 Å². The molecule has 2 rings (SSSR count). The van der Waals surface area contributed by atoms with Gasteiger partial charge in [-0.15, -0.1) is 0 Å². The maximum atomic E-state index is 5.86. The van der Waals surface area contributed by atoms with Gasteiger partial charge >= 0.3 is 0 Å². The van der Waals surface area contributed by atoms with Gasteiger partial charge in [-0.1, -0.05) is 29.8 Å². The Morgan fingerprint density at radius 1 is 1.43 bits per heavy atom. The molecule has 0 spiro atoms. The molecular weight excluding hydrogens is 330 g/mol. The lowest BCUT2D eigenvalue weighted by atomic mass is 10.1. The van der Waals surface area contributed by atoms with Gasteiger partial charge in [-0.05, 0) is 49.4 Å². The van der Waals surface area contributed by atoms with Crippen molar-refractivity contribution in [2.24, 2.45) is 0 Å². The SMILES string of the molecule is CC(C)NCc1cc(OCCCC2CCCO2)ccc1Br. The van der Waals surface area contributed by atoms with E-state index in [1.54, 1.807) is 0 Å². The van der Waals surface area contributed by atoms with Gasteiger partial charge in [0.2, 0.25) is 0 Å². The molecule has 0 aromatic heterocycles. The van der Waals surface area contributed by atoms with Gasteiger partial charge in [0.25, 0.3) is 0 Å². The number of hydrogen-bond acceptors (Lipinski definition) is 3. The van der Waals surface area contributed by atoms with Crippen LogP contribution in [-0.4, -0.2) is 25.4 Å². The molecule has 118 valence electrons. The Kier molecular flexibility index (Phi) is 7.00. The molecule has 0 radical (unpaired) electrons. The van der Waals surface area contributed by atoms with E-state index in [9.17, 15) is 0 Å². The number of halogens is 1. The van der Waals surface area contributed by atoms with Crippen LogP contribution in [0.3, 0.4) is 0 Å². The van der Waals surface area contributed by atoms with Crippen molar-refractivity contribution in [3.8, 4) is 5.75 Å². The summed E-state index contributed by atoms with van der Waals surface area (Å²) in [6, 6.07) is 6.68. The third kappa shape index (κ3) is 5.97. The molecule has 4 heteroatoms. The summed E-state index contributed by atoms with van der Waals surface area (Å²) in [6.45, 7) is 6.85. The fraction of sp³-hybridized carbons (Fsp3) is 0.647. The summed E-state index contributed by atoms with van der Waals surface area (Å²) in [5, 5.41) is 3.43. The zero-order chi connectivity index (χ0) is 15.1. The van der Waals surface area contributed by atoms with E-state index in [1.165, 1.54) is 18.4 Å². The predicted octanol–water partition coefficient (Wildman–Crippen LogP) is 4.29. The Morgan fingerprint density at radius 2 is 2.29 bits per heavy atom. The number of nitrogens with one attached hydrogen (secondary N) is 1. The van der Waals surface area contributed by atoms with Crippen LogP contribution in [0.5, 0.6) is 5.75 Å². The summed E-state index contributed by atoms with van der Waals surface area (Å²) in [7, 11) is 0. The molecule has 1 N–H and O–H groups in total. The molecule has 1 aliphatic rings. The minimum absolute atomic E-state index is 0.462. The first kappa shape index (κ1) is 16.8. The van der Waals surface area contributed by atoms with Crippen LogP contribution in [0.2, 0.25) is 0 Å². The van der Waals surface area contributed by atoms with Crippen LogP contribution < -0.4 is 10.1 Å². The smallest absolute Gasteiger partial charge is 0.119 e. The van der Waals surface area contributed by atoms with Crippen LogP contribution in [0, 0.1) is 0 Å². The summed E-state index contributed by atoms with van der Waals surface area (Å²) in [5.41, 5.74) is 1.24. The van der Waals surface area contributed by atoms with E-state index >= 15 is 0 Å². The van der Waals surface area contributed by atoms with Crippen molar-refractivity contribution >= 4 is 15.9 Å². The average molecular weight is 356 g/mol. The van der Waals surface area contributed by atoms with Gasteiger partial charge in [-0.25, -0.2) is 0 Å². The Hall–Kier alpha value is -0.580. The molecule has 1 aliphatic heterocycles. The highest BCUT2D eigenvalue weighted by Gasteiger charge is 2.14. The van der Waals surface area contributed by atoms with E-state index < -0.39 is 0 Å². The number of benzene rings is 1. The molecule has 1 aromatic rings. The van der Waals surface area contributed by atoms with Crippen LogP contribution in [0.1, 0.15) is 45.1 Å². The average Bonchev–Trinajstić information content (AvgIpc) is 2.97. The maximum absolute atomic E-state index is 5.86. The number of hydrogen-bond donors (Lipinski definition) is 1. The lowest BCUT2D eigenvalue weighted by Gasteiger charge is -2.13. The lowest BCUT2D eigenvalue weighted by Crippen LogP contribution is -2.22. The van der Waals surface area contributed by atoms with Crippen LogP contribution in [-0.2, 0) is 11.3 Å². The Bertz CT molecular complexity index is 431. The second kappa shape index (κ2) is 8.76. The van der Waals surface area contributed by atoms with Crippen molar-refractivity contribution in [2.75, 3.05) is 13.2 Å². The lowest BCUT2D eigenvalue weighted by molar-refractivity contribution is 0.0981. The topological polar surface area (TPSA) is 30.5 Å². The molecule has 1 saturated heterocycles. The molecule has 0 saturated carbocycles. The molecule has 1 heterocycles. The van der Waals surface area contributed by atoms with E-state index in [4.69, 9.17) is 9.47 Å². The van der Waals surface area contributed by atoms with E-state index in [0.29, 0.717) is 12.1 Å². The zero-order valence-corrected chi connectivity index (χ0v) is 14.6. The maximum Gasteiger partial charge on any atom is 0.119 e. The van der Waals surface area contributed by atoms with Crippen LogP contribution in [0.15, 0.2) is 22.7 Å². The highest BCUT2D eigenvalue weighted by atomic mass is 79.9. The first-order valence-corrected chi connectivity index (χ1v) is 8.70. The quantitative estimate of drug-likeness (QED) is 0.705. The van der Waals surface area contributed by atoms with Crippen molar-refractivity contribution < 1.29 is 9.47 Å². The van der Waals surface area contributed by atoms with Crippen molar-refractivity contribution in [1.82, 2.24) is 5.32 Å². The summed E-state index contributed by atoms with van der Waals surface area (Å²) in [4.78, 5) is 0. The second-order valence-corrected chi connectivity index (χ2v) is 6.77. The fourth-order valence-corrected chi connectivity index (χ4v) is 2.85. The standard InChI is InChI=1S/C17H26BrNO2/c1-13(2)19-12-14-11-16(7-8-17(14)18)21-10-4-6-15-5-3-9-20-15/h7-8,11,13,15,19H,3-6,9-10,12H2,1-2H3. The molecule has 3 nitrogen and oxygen atoms in total. The Labute approximate surface area is 136 Å². The molecule has 0 amide bonds. The minimum Gasteiger partial charge on any atom is -0.494 e. The van der Waals surface area contributed by atoms with Gasteiger partial charge in [0, 0.05) is 23.7 Å². The first-order valence-electron chi connectivity index (χ1n) is 7.91. The first-order chi connectivity index (χ1) is 10.1. The third-order valence-corrected chi connectivity index (χ3v) is 4.45. The molecule has 0 aliphatic carbocycles. The highest BCUT2D eigenvalue weighted by molar-refractivity contribution is 9.10. The molecule has 0 bridgehead atoms. The summed E-state index contributed by atoms with van der Waals surface area (Å²) in [6.07, 6.45) is 5.05. The van der Waals surface area contributed by atoms with E-state index in [-0.39, 0.29) is 0 Å². The molecule has 1 atom stereocenters. The Morgan fingerprint density at radius 3 is 3.00 bits per heavy atom. The van der Waals surface area contributed by atoms with E-state index in [1.807, 2.05) is 6.07 Å². The van der Waals surface area contributed by atoms with Crippen molar-refractivity contribution in [1.29, 1.82) is 0 Å². The van der Waals surface area contributed by atoms with Gasteiger partial charge < -0.3 is 14.8 Å². The van der Waals surface area contributed by atoms with Gasteiger partial charge in [0.1, 0.15) is 5.75 Å². The fourth-order valence-electron chi connectivity index (χ4n) is 2.46. The Balaban J connectivity index is 1.75. The molecule has 21 heavy (non-hydrogen) atoms. The van der Waals surface area contributed by atoms with E-state index in [2.05, 4.69) is 47.2 Å². The van der Waals surface area contributed by atoms with Crippen LogP contribution >= 0.6 is 15.9 Å². The van der Waals surface area contributed by atoms with Crippen LogP contribution in [0.4, 0.5) is 0 Å². The summed E-state index contributed by atoms with van der Waals surface area (Å²) < 4.78 is 12.6. The number of ether oxygens (including phenoxy) is 2. The zero-order valence-electron chi connectivity index (χ0n) is 13.0. The number of rotatable bonds is 8. The van der Waals surface area contributed by atoms with Crippen LogP contribution in [0.25, 0.3) is 0 Å². The molecule has 1 aromatic carbocycles. The van der Waals surface area contributed by atoms with E-state index in [0.717, 1.165) is 42.8 Å². The monoisotopic (exact) mass is 355 g/mol. The van der Waals surface area contributed by atoms with Gasteiger partial charge in [0.15, 0.2) is 0 Å². The molecule has 1 unspecified atom stereocenters. The van der Waals surface area contributed by atoms with Gasteiger partial charge in [0.05, 0.1) is 12.7 Å². The normalized spacial score (nSPS) is 18.4. The van der Waals surface area contributed by atoms with Gasteiger partial charge in [-0.2, -0.15) is 0 Å². The molecule has 1 fully saturated rings. The molecular formula is C17H26BrNO2.